The average Bonchev–Trinajstić information content (AvgIpc) is 2.72. The van der Waals surface area contributed by atoms with E-state index in [9.17, 15) is 9.59 Å². The third kappa shape index (κ3) is 5.85. The van der Waals surface area contributed by atoms with E-state index in [1.807, 2.05) is 37.8 Å². The number of nitrogens with zero attached hydrogens (tertiary/aromatic N) is 2. The number of amides is 2. The molecule has 8 heteroatoms. The van der Waals surface area contributed by atoms with Crippen molar-refractivity contribution < 1.29 is 9.59 Å². The Labute approximate surface area is 198 Å². The highest BCUT2D eigenvalue weighted by Crippen LogP contribution is 2.28. The Kier molecular flexibility index (Phi) is 7.40. The lowest BCUT2D eigenvalue weighted by atomic mass is 9.85. The van der Waals surface area contributed by atoms with Crippen molar-refractivity contribution in [3.05, 3.63) is 63.1 Å². The van der Waals surface area contributed by atoms with Crippen LogP contribution in [-0.2, 0) is 4.79 Å². The third-order valence-corrected chi connectivity index (χ3v) is 6.31. The molecule has 2 amide bonds. The maximum absolute atomic E-state index is 13.3. The van der Waals surface area contributed by atoms with Crippen LogP contribution in [-0.4, -0.2) is 48.9 Å². The molecule has 5 nitrogen and oxygen atoms in total. The SMILES string of the molecule is CC(C)(C)C(NC(=O)c1cccc(Cl)c1)C(=O)N1CCN(c2ccc(Cl)c(Cl)c2)CC1. The number of rotatable bonds is 4. The summed E-state index contributed by atoms with van der Waals surface area (Å²) in [6.45, 7) is 8.28. The summed E-state index contributed by atoms with van der Waals surface area (Å²) in [4.78, 5) is 30.1. The topological polar surface area (TPSA) is 52.7 Å². The first-order chi connectivity index (χ1) is 14.6. The number of anilines is 1. The van der Waals surface area contributed by atoms with Gasteiger partial charge in [-0.3, -0.25) is 9.59 Å². The molecular formula is C23H26Cl3N3O2. The van der Waals surface area contributed by atoms with Crippen LogP contribution in [0.3, 0.4) is 0 Å². The molecule has 2 aromatic rings. The van der Waals surface area contributed by atoms with Gasteiger partial charge in [0.25, 0.3) is 5.91 Å². The zero-order chi connectivity index (χ0) is 22.8. The molecule has 1 aliphatic rings. The summed E-state index contributed by atoms with van der Waals surface area (Å²) in [5.74, 6) is -0.401. The van der Waals surface area contributed by atoms with E-state index in [2.05, 4.69) is 10.2 Å². The van der Waals surface area contributed by atoms with Gasteiger partial charge in [-0.2, -0.15) is 0 Å². The Hall–Kier alpha value is -1.95. The number of carbonyl (C=O) groups excluding carboxylic acids is 2. The van der Waals surface area contributed by atoms with Crippen molar-refractivity contribution in [3.8, 4) is 0 Å². The van der Waals surface area contributed by atoms with Crippen LogP contribution in [0.2, 0.25) is 15.1 Å². The van der Waals surface area contributed by atoms with Gasteiger partial charge < -0.3 is 15.1 Å². The Morgan fingerprint density at radius 2 is 1.61 bits per heavy atom. The minimum absolute atomic E-state index is 0.0864. The van der Waals surface area contributed by atoms with Crippen molar-refractivity contribution in [2.24, 2.45) is 5.41 Å². The lowest BCUT2D eigenvalue weighted by Crippen LogP contribution is -2.58. The fraction of sp³-hybridized carbons (Fsp3) is 0.391. The van der Waals surface area contributed by atoms with Gasteiger partial charge in [0.05, 0.1) is 10.0 Å². The summed E-state index contributed by atoms with van der Waals surface area (Å²) in [5.41, 5.74) is 0.953. The molecule has 31 heavy (non-hydrogen) atoms. The summed E-state index contributed by atoms with van der Waals surface area (Å²) >= 11 is 18.2. The molecule has 3 rings (SSSR count). The molecule has 1 aliphatic heterocycles. The van der Waals surface area contributed by atoms with Crippen LogP contribution >= 0.6 is 34.8 Å². The average molecular weight is 483 g/mol. The smallest absolute Gasteiger partial charge is 0.251 e. The molecule has 0 spiro atoms. The number of hydrogen-bond acceptors (Lipinski definition) is 3. The Morgan fingerprint density at radius 3 is 2.19 bits per heavy atom. The van der Waals surface area contributed by atoms with E-state index in [-0.39, 0.29) is 11.8 Å². The zero-order valence-electron chi connectivity index (χ0n) is 17.8. The van der Waals surface area contributed by atoms with Gasteiger partial charge >= 0.3 is 0 Å². The summed E-state index contributed by atoms with van der Waals surface area (Å²) in [6.07, 6.45) is 0. The first kappa shape index (κ1) is 23.7. The maximum Gasteiger partial charge on any atom is 0.251 e. The lowest BCUT2D eigenvalue weighted by molar-refractivity contribution is -0.136. The lowest BCUT2D eigenvalue weighted by Gasteiger charge is -2.40. The molecule has 0 radical (unpaired) electrons. The van der Waals surface area contributed by atoms with E-state index in [0.717, 1.165) is 5.69 Å². The molecule has 1 N–H and O–H groups in total. The van der Waals surface area contributed by atoms with Gasteiger partial charge in [-0.1, -0.05) is 61.6 Å². The highest BCUT2D eigenvalue weighted by molar-refractivity contribution is 6.42. The van der Waals surface area contributed by atoms with Crippen LogP contribution in [0, 0.1) is 5.41 Å². The van der Waals surface area contributed by atoms with E-state index in [4.69, 9.17) is 34.8 Å². The van der Waals surface area contributed by atoms with Crippen LogP contribution in [0.25, 0.3) is 0 Å². The van der Waals surface area contributed by atoms with E-state index < -0.39 is 11.5 Å². The third-order valence-electron chi connectivity index (χ3n) is 5.33. The first-order valence-electron chi connectivity index (χ1n) is 10.1. The van der Waals surface area contributed by atoms with Crippen molar-refractivity contribution in [1.29, 1.82) is 0 Å². The Bertz CT molecular complexity index is 967. The molecule has 1 heterocycles. The second kappa shape index (κ2) is 9.68. The van der Waals surface area contributed by atoms with Crippen LogP contribution in [0.1, 0.15) is 31.1 Å². The quantitative estimate of drug-likeness (QED) is 0.656. The minimum Gasteiger partial charge on any atom is -0.368 e. The van der Waals surface area contributed by atoms with Crippen LogP contribution in [0.15, 0.2) is 42.5 Å². The highest BCUT2D eigenvalue weighted by atomic mass is 35.5. The number of halogens is 3. The second-order valence-electron chi connectivity index (χ2n) is 8.69. The maximum atomic E-state index is 13.3. The number of nitrogens with one attached hydrogen (secondary N) is 1. The fourth-order valence-corrected chi connectivity index (χ4v) is 4.02. The minimum atomic E-state index is -0.657. The predicted molar refractivity (Wildman–Crippen MR) is 127 cm³/mol. The van der Waals surface area contributed by atoms with Crippen molar-refractivity contribution >= 4 is 52.3 Å². The number of benzene rings is 2. The van der Waals surface area contributed by atoms with E-state index in [1.165, 1.54) is 0 Å². The van der Waals surface area contributed by atoms with Gasteiger partial charge in [-0.15, -0.1) is 0 Å². The summed E-state index contributed by atoms with van der Waals surface area (Å²) < 4.78 is 0. The first-order valence-corrected chi connectivity index (χ1v) is 11.2. The van der Waals surface area contributed by atoms with Gasteiger partial charge in [0.15, 0.2) is 0 Å². The van der Waals surface area contributed by atoms with Crippen LogP contribution < -0.4 is 10.2 Å². The molecule has 2 aromatic carbocycles. The predicted octanol–water partition coefficient (Wildman–Crippen LogP) is 5.14. The van der Waals surface area contributed by atoms with E-state index in [0.29, 0.717) is 46.8 Å². The Balaban J connectivity index is 1.68. The molecule has 1 fully saturated rings. The molecule has 1 atom stereocenters. The molecule has 1 unspecified atom stereocenters. The molecule has 166 valence electrons. The molecule has 1 saturated heterocycles. The summed E-state index contributed by atoms with van der Waals surface area (Å²) in [7, 11) is 0. The Morgan fingerprint density at radius 1 is 0.935 bits per heavy atom. The van der Waals surface area contributed by atoms with E-state index in [1.54, 1.807) is 30.3 Å². The number of carbonyl (C=O) groups is 2. The molecule has 0 aromatic heterocycles. The molecule has 0 aliphatic carbocycles. The van der Waals surface area contributed by atoms with Crippen molar-refractivity contribution in [3.63, 3.8) is 0 Å². The van der Waals surface area contributed by atoms with Crippen molar-refractivity contribution in [2.75, 3.05) is 31.1 Å². The number of hydrogen-bond donors (Lipinski definition) is 1. The van der Waals surface area contributed by atoms with Crippen LogP contribution in [0.4, 0.5) is 5.69 Å². The highest BCUT2D eigenvalue weighted by Gasteiger charge is 2.37. The van der Waals surface area contributed by atoms with Gasteiger partial charge in [0.1, 0.15) is 6.04 Å². The van der Waals surface area contributed by atoms with Gasteiger partial charge in [0.2, 0.25) is 5.91 Å². The largest absolute Gasteiger partial charge is 0.368 e. The van der Waals surface area contributed by atoms with Gasteiger partial charge in [-0.05, 0) is 41.8 Å². The fourth-order valence-electron chi connectivity index (χ4n) is 3.54. The van der Waals surface area contributed by atoms with Crippen LogP contribution in [0.5, 0.6) is 0 Å². The standard InChI is InChI=1S/C23H26Cl3N3O2/c1-23(2,3)20(27-21(30)15-5-4-6-16(24)13-15)22(31)29-11-9-28(10-12-29)17-7-8-18(25)19(26)14-17/h4-8,13-14,20H,9-12H2,1-3H3,(H,27,30). The molecule has 0 bridgehead atoms. The van der Waals surface area contributed by atoms with Crippen molar-refractivity contribution in [2.45, 2.75) is 26.8 Å². The van der Waals surface area contributed by atoms with E-state index >= 15 is 0 Å². The monoisotopic (exact) mass is 481 g/mol. The number of piperazine rings is 1. The summed E-state index contributed by atoms with van der Waals surface area (Å²) in [6, 6.07) is 11.6. The van der Waals surface area contributed by atoms with Crippen molar-refractivity contribution in [1.82, 2.24) is 10.2 Å². The van der Waals surface area contributed by atoms with Gasteiger partial charge in [-0.25, -0.2) is 0 Å². The van der Waals surface area contributed by atoms with Gasteiger partial charge in [0, 0.05) is 42.5 Å². The zero-order valence-corrected chi connectivity index (χ0v) is 20.1. The molecule has 0 saturated carbocycles. The summed E-state index contributed by atoms with van der Waals surface area (Å²) in [5, 5.41) is 4.42. The normalized spacial score (nSPS) is 15.5. The second-order valence-corrected chi connectivity index (χ2v) is 9.94. The molecular weight excluding hydrogens is 457 g/mol.